The molecule has 1 aliphatic rings. The summed E-state index contributed by atoms with van der Waals surface area (Å²) in [5.74, 6) is 0.864. The standard InChI is InChI=1S/C14H21N3O/c1-10-6-7-16-9-13(10)17-14(18)12-4-2-11(8-15)3-5-12/h6-7,9,11-12H,2-5,8,15H2,1H3,(H,17,18). The molecule has 4 heteroatoms. The van der Waals surface area contributed by atoms with E-state index in [1.165, 1.54) is 0 Å². The van der Waals surface area contributed by atoms with E-state index >= 15 is 0 Å². The van der Waals surface area contributed by atoms with Gasteiger partial charge in [-0.05, 0) is 56.7 Å². The second-order valence-corrected chi connectivity index (χ2v) is 5.13. The van der Waals surface area contributed by atoms with E-state index in [1.54, 1.807) is 12.4 Å². The number of nitrogens with one attached hydrogen (secondary N) is 1. The van der Waals surface area contributed by atoms with Crippen LogP contribution < -0.4 is 11.1 Å². The fraction of sp³-hybridized carbons (Fsp3) is 0.571. The van der Waals surface area contributed by atoms with Crippen LogP contribution in [-0.4, -0.2) is 17.4 Å². The molecule has 0 saturated heterocycles. The molecule has 1 saturated carbocycles. The van der Waals surface area contributed by atoms with Gasteiger partial charge in [0.15, 0.2) is 0 Å². The molecule has 1 amide bonds. The van der Waals surface area contributed by atoms with Crippen molar-refractivity contribution in [3.8, 4) is 0 Å². The van der Waals surface area contributed by atoms with Gasteiger partial charge in [-0.3, -0.25) is 9.78 Å². The maximum Gasteiger partial charge on any atom is 0.227 e. The highest BCUT2D eigenvalue weighted by Gasteiger charge is 2.25. The van der Waals surface area contributed by atoms with Crippen LogP contribution in [0.4, 0.5) is 5.69 Å². The summed E-state index contributed by atoms with van der Waals surface area (Å²) in [4.78, 5) is 16.2. The number of nitrogens with two attached hydrogens (primary N) is 1. The van der Waals surface area contributed by atoms with Gasteiger partial charge in [0.2, 0.25) is 5.91 Å². The second kappa shape index (κ2) is 5.96. The topological polar surface area (TPSA) is 68.0 Å². The van der Waals surface area contributed by atoms with Gasteiger partial charge in [-0.15, -0.1) is 0 Å². The van der Waals surface area contributed by atoms with Gasteiger partial charge in [-0.2, -0.15) is 0 Å². The fourth-order valence-corrected chi connectivity index (χ4v) is 2.49. The first kappa shape index (κ1) is 13.0. The summed E-state index contributed by atoms with van der Waals surface area (Å²) in [5.41, 5.74) is 7.53. The third kappa shape index (κ3) is 3.07. The first-order valence-electron chi connectivity index (χ1n) is 6.62. The van der Waals surface area contributed by atoms with Crippen molar-refractivity contribution in [1.82, 2.24) is 4.98 Å². The zero-order valence-electron chi connectivity index (χ0n) is 10.9. The molecule has 0 unspecified atom stereocenters. The highest BCUT2D eigenvalue weighted by molar-refractivity contribution is 5.93. The number of hydrogen-bond donors (Lipinski definition) is 2. The number of pyridine rings is 1. The minimum atomic E-state index is 0.126. The summed E-state index contributed by atoms with van der Waals surface area (Å²) in [7, 11) is 0. The first-order chi connectivity index (χ1) is 8.70. The summed E-state index contributed by atoms with van der Waals surface area (Å²) >= 11 is 0. The zero-order valence-corrected chi connectivity index (χ0v) is 10.9. The molecule has 1 aliphatic carbocycles. The van der Waals surface area contributed by atoms with Crippen molar-refractivity contribution >= 4 is 11.6 Å². The molecule has 4 nitrogen and oxygen atoms in total. The number of aryl methyl sites for hydroxylation is 1. The number of nitrogens with zero attached hydrogens (tertiary/aromatic N) is 1. The Bertz CT molecular complexity index is 411. The van der Waals surface area contributed by atoms with Crippen LogP contribution in [0.3, 0.4) is 0 Å². The highest BCUT2D eigenvalue weighted by atomic mass is 16.1. The third-order valence-corrected chi connectivity index (χ3v) is 3.85. The maximum absolute atomic E-state index is 12.1. The lowest BCUT2D eigenvalue weighted by Crippen LogP contribution is -2.29. The number of hydrogen-bond acceptors (Lipinski definition) is 3. The Labute approximate surface area is 108 Å². The van der Waals surface area contributed by atoms with E-state index in [0.29, 0.717) is 5.92 Å². The summed E-state index contributed by atoms with van der Waals surface area (Å²) in [6.45, 7) is 2.72. The summed E-state index contributed by atoms with van der Waals surface area (Å²) in [6.07, 6.45) is 7.48. The Kier molecular flexibility index (Phi) is 4.31. The summed E-state index contributed by atoms with van der Waals surface area (Å²) in [5, 5.41) is 2.98. The Morgan fingerprint density at radius 2 is 2.17 bits per heavy atom. The molecular weight excluding hydrogens is 226 g/mol. The van der Waals surface area contributed by atoms with Crippen LogP contribution in [0.25, 0.3) is 0 Å². The minimum absolute atomic E-state index is 0.126. The van der Waals surface area contributed by atoms with Gasteiger partial charge in [0.1, 0.15) is 0 Å². The predicted octanol–water partition coefficient (Wildman–Crippen LogP) is 2.09. The zero-order chi connectivity index (χ0) is 13.0. The molecule has 0 bridgehead atoms. The molecule has 0 aliphatic heterocycles. The van der Waals surface area contributed by atoms with Gasteiger partial charge >= 0.3 is 0 Å². The lowest BCUT2D eigenvalue weighted by molar-refractivity contribution is -0.121. The average molecular weight is 247 g/mol. The van der Waals surface area contributed by atoms with Crippen molar-refractivity contribution < 1.29 is 4.79 Å². The van der Waals surface area contributed by atoms with Crippen LogP contribution in [0.5, 0.6) is 0 Å². The van der Waals surface area contributed by atoms with Crippen molar-refractivity contribution in [2.24, 2.45) is 17.6 Å². The number of carbonyl (C=O) groups excluding carboxylic acids is 1. The highest BCUT2D eigenvalue weighted by Crippen LogP contribution is 2.29. The lowest BCUT2D eigenvalue weighted by atomic mass is 9.81. The average Bonchev–Trinajstić information content (AvgIpc) is 2.41. The number of amides is 1. The smallest absolute Gasteiger partial charge is 0.227 e. The second-order valence-electron chi connectivity index (χ2n) is 5.13. The normalized spacial score (nSPS) is 23.7. The van der Waals surface area contributed by atoms with Crippen LogP contribution in [0.15, 0.2) is 18.5 Å². The quantitative estimate of drug-likeness (QED) is 0.859. The number of aromatic nitrogens is 1. The minimum Gasteiger partial charge on any atom is -0.330 e. The van der Waals surface area contributed by atoms with E-state index in [-0.39, 0.29) is 11.8 Å². The van der Waals surface area contributed by atoms with Gasteiger partial charge in [-0.25, -0.2) is 0 Å². The fourth-order valence-electron chi connectivity index (χ4n) is 2.49. The molecule has 1 aromatic rings. The molecular formula is C14H21N3O. The van der Waals surface area contributed by atoms with E-state index in [2.05, 4.69) is 10.3 Å². The van der Waals surface area contributed by atoms with Gasteiger partial charge in [-0.1, -0.05) is 0 Å². The molecule has 0 aromatic carbocycles. The van der Waals surface area contributed by atoms with Crippen molar-refractivity contribution in [1.29, 1.82) is 0 Å². The molecule has 2 rings (SSSR count). The molecule has 0 radical (unpaired) electrons. The Hall–Kier alpha value is -1.42. The van der Waals surface area contributed by atoms with Crippen LogP contribution in [0.2, 0.25) is 0 Å². The third-order valence-electron chi connectivity index (χ3n) is 3.85. The first-order valence-corrected chi connectivity index (χ1v) is 6.62. The molecule has 1 heterocycles. The molecule has 0 spiro atoms. The largest absolute Gasteiger partial charge is 0.330 e. The Morgan fingerprint density at radius 1 is 1.44 bits per heavy atom. The van der Waals surface area contributed by atoms with Crippen LogP contribution in [-0.2, 0) is 4.79 Å². The monoisotopic (exact) mass is 247 g/mol. The Morgan fingerprint density at radius 3 is 2.78 bits per heavy atom. The van der Waals surface area contributed by atoms with E-state index in [9.17, 15) is 4.79 Å². The van der Waals surface area contributed by atoms with Crippen molar-refractivity contribution in [3.05, 3.63) is 24.0 Å². The summed E-state index contributed by atoms with van der Waals surface area (Å²) < 4.78 is 0. The van der Waals surface area contributed by atoms with Gasteiger partial charge in [0.05, 0.1) is 11.9 Å². The number of anilines is 1. The molecule has 1 aromatic heterocycles. The van der Waals surface area contributed by atoms with Gasteiger partial charge in [0.25, 0.3) is 0 Å². The molecule has 18 heavy (non-hydrogen) atoms. The number of carbonyl (C=O) groups is 1. The molecule has 0 atom stereocenters. The van der Waals surface area contributed by atoms with Crippen molar-refractivity contribution in [3.63, 3.8) is 0 Å². The van der Waals surface area contributed by atoms with Crippen LogP contribution in [0, 0.1) is 18.8 Å². The molecule has 98 valence electrons. The van der Waals surface area contributed by atoms with E-state index in [4.69, 9.17) is 5.73 Å². The van der Waals surface area contributed by atoms with E-state index in [1.807, 2.05) is 13.0 Å². The predicted molar refractivity (Wildman–Crippen MR) is 72.1 cm³/mol. The Balaban J connectivity index is 1.91. The SMILES string of the molecule is Cc1ccncc1NC(=O)C1CCC(CN)CC1. The van der Waals surface area contributed by atoms with Crippen LogP contribution >= 0.6 is 0 Å². The summed E-state index contributed by atoms with van der Waals surface area (Å²) in [6, 6.07) is 1.90. The molecule has 1 fully saturated rings. The van der Waals surface area contributed by atoms with Crippen molar-refractivity contribution in [2.75, 3.05) is 11.9 Å². The van der Waals surface area contributed by atoms with Gasteiger partial charge in [0, 0.05) is 12.1 Å². The van der Waals surface area contributed by atoms with Crippen LogP contribution in [0.1, 0.15) is 31.2 Å². The van der Waals surface area contributed by atoms with E-state index in [0.717, 1.165) is 43.5 Å². The lowest BCUT2D eigenvalue weighted by Gasteiger charge is -2.26. The molecule has 3 N–H and O–H groups in total. The van der Waals surface area contributed by atoms with Gasteiger partial charge < -0.3 is 11.1 Å². The van der Waals surface area contributed by atoms with E-state index < -0.39 is 0 Å². The number of rotatable bonds is 3. The maximum atomic E-state index is 12.1. The van der Waals surface area contributed by atoms with Crippen molar-refractivity contribution in [2.45, 2.75) is 32.6 Å².